The molecule has 0 radical (unpaired) electrons. The molecule has 0 unspecified atom stereocenters. The second-order valence-electron chi connectivity index (χ2n) is 2.01. The van der Waals surface area contributed by atoms with Gasteiger partial charge in [-0.15, -0.1) is 0 Å². The van der Waals surface area contributed by atoms with Crippen molar-refractivity contribution in [3.05, 3.63) is 38.9 Å². The van der Waals surface area contributed by atoms with Crippen LogP contribution in [-0.2, 0) is 0 Å². The van der Waals surface area contributed by atoms with Crippen LogP contribution in [0.1, 0.15) is 5.56 Å². The lowest BCUT2D eigenvalue weighted by Crippen LogP contribution is -1.90. The average Bonchev–Trinajstić information content (AvgIpc) is 2.04. The summed E-state index contributed by atoms with van der Waals surface area (Å²) in [7, 11) is 0. The third kappa shape index (κ3) is 1.36. The zero-order valence-corrected chi connectivity index (χ0v) is 6.58. The van der Waals surface area contributed by atoms with Gasteiger partial charge in [0, 0.05) is 6.07 Å². The summed E-state index contributed by atoms with van der Waals surface area (Å²) >= 11 is 5.54. The van der Waals surface area contributed by atoms with E-state index in [1.807, 2.05) is 0 Å². The normalized spacial score (nSPS) is 9.00. The minimum Gasteiger partial charge on any atom is -0.258 e. The van der Waals surface area contributed by atoms with Crippen molar-refractivity contribution in [1.29, 1.82) is 5.26 Å². The molecule has 1 aromatic rings. The van der Waals surface area contributed by atoms with Crippen LogP contribution in [0.5, 0.6) is 0 Å². The maximum atomic E-state index is 10.3. The summed E-state index contributed by atoms with van der Waals surface area (Å²) in [6, 6.07) is 5.85. The fourth-order valence-electron chi connectivity index (χ4n) is 0.747. The van der Waals surface area contributed by atoms with Crippen molar-refractivity contribution >= 4 is 17.3 Å². The van der Waals surface area contributed by atoms with E-state index < -0.39 is 4.92 Å². The number of nitrogens with zero attached hydrogens (tertiary/aromatic N) is 2. The van der Waals surface area contributed by atoms with Crippen molar-refractivity contribution in [3.63, 3.8) is 0 Å². The fraction of sp³-hybridized carbons (Fsp3) is 0. The molecule has 4 nitrogen and oxygen atoms in total. The molecule has 0 amide bonds. The van der Waals surface area contributed by atoms with Gasteiger partial charge in [0.25, 0.3) is 5.69 Å². The Labute approximate surface area is 73.1 Å². The molecule has 0 bridgehead atoms. The summed E-state index contributed by atoms with van der Waals surface area (Å²) in [6.07, 6.45) is 0. The van der Waals surface area contributed by atoms with Crippen molar-refractivity contribution in [2.75, 3.05) is 0 Å². The first-order valence-corrected chi connectivity index (χ1v) is 3.37. The summed E-state index contributed by atoms with van der Waals surface area (Å²) in [5.74, 6) is 0. The number of nitro benzene ring substituents is 1. The van der Waals surface area contributed by atoms with E-state index in [1.54, 1.807) is 6.07 Å². The Morgan fingerprint density at radius 2 is 2.25 bits per heavy atom. The quantitative estimate of drug-likeness (QED) is 0.494. The highest BCUT2D eigenvalue weighted by molar-refractivity contribution is 6.33. The Bertz CT molecular complexity index is 370. The molecular formula is C7H3ClN2O2. The summed E-state index contributed by atoms with van der Waals surface area (Å²) in [4.78, 5) is 9.68. The monoisotopic (exact) mass is 182 g/mol. The van der Waals surface area contributed by atoms with E-state index in [0.717, 1.165) is 0 Å². The molecule has 0 fully saturated rings. The number of benzene rings is 1. The highest BCUT2D eigenvalue weighted by Crippen LogP contribution is 2.26. The van der Waals surface area contributed by atoms with E-state index in [-0.39, 0.29) is 16.3 Å². The van der Waals surface area contributed by atoms with Gasteiger partial charge in [-0.2, -0.15) is 5.26 Å². The number of halogens is 1. The minimum atomic E-state index is -0.622. The van der Waals surface area contributed by atoms with Gasteiger partial charge in [0.15, 0.2) is 0 Å². The number of rotatable bonds is 1. The molecule has 0 spiro atoms. The summed E-state index contributed by atoms with van der Waals surface area (Å²) in [5, 5.41) is 18.7. The summed E-state index contributed by atoms with van der Waals surface area (Å²) in [6.45, 7) is 0. The first-order chi connectivity index (χ1) is 5.66. The van der Waals surface area contributed by atoms with Gasteiger partial charge in [-0.1, -0.05) is 17.7 Å². The minimum absolute atomic E-state index is 0.106. The lowest BCUT2D eigenvalue weighted by molar-refractivity contribution is -0.384. The van der Waals surface area contributed by atoms with Crippen LogP contribution in [-0.4, -0.2) is 4.92 Å². The summed E-state index contributed by atoms with van der Waals surface area (Å²) in [5.41, 5.74) is -0.124. The van der Waals surface area contributed by atoms with Gasteiger partial charge in [-0.3, -0.25) is 10.1 Å². The van der Waals surface area contributed by atoms with Crippen molar-refractivity contribution < 1.29 is 4.92 Å². The maximum Gasteiger partial charge on any atom is 0.289 e. The zero-order chi connectivity index (χ0) is 9.14. The Morgan fingerprint density at radius 3 is 2.75 bits per heavy atom. The Morgan fingerprint density at radius 1 is 1.58 bits per heavy atom. The van der Waals surface area contributed by atoms with E-state index >= 15 is 0 Å². The molecule has 5 heteroatoms. The average molecular weight is 183 g/mol. The van der Waals surface area contributed by atoms with Gasteiger partial charge in [0.2, 0.25) is 0 Å². The molecule has 0 N–H and O–H groups in total. The second kappa shape index (κ2) is 3.20. The predicted octanol–water partition coefficient (Wildman–Crippen LogP) is 2.12. The highest BCUT2D eigenvalue weighted by atomic mass is 35.5. The van der Waals surface area contributed by atoms with Crippen LogP contribution < -0.4 is 0 Å². The SMILES string of the molecule is N#Cc1cccc([N+](=O)[O-])c1Cl. The smallest absolute Gasteiger partial charge is 0.258 e. The zero-order valence-electron chi connectivity index (χ0n) is 5.82. The van der Waals surface area contributed by atoms with Crippen LogP contribution >= 0.6 is 11.6 Å². The van der Waals surface area contributed by atoms with Crippen LogP contribution in [0, 0.1) is 21.4 Å². The van der Waals surface area contributed by atoms with E-state index in [9.17, 15) is 10.1 Å². The first kappa shape index (κ1) is 8.50. The lowest BCUT2D eigenvalue weighted by atomic mass is 10.2. The van der Waals surface area contributed by atoms with E-state index in [1.165, 1.54) is 18.2 Å². The van der Waals surface area contributed by atoms with Gasteiger partial charge in [0.1, 0.15) is 11.1 Å². The third-order valence-corrected chi connectivity index (χ3v) is 1.69. The maximum absolute atomic E-state index is 10.3. The molecule has 0 aliphatic heterocycles. The van der Waals surface area contributed by atoms with Crippen LogP contribution in [0.25, 0.3) is 0 Å². The van der Waals surface area contributed by atoms with Gasteiger partial charge in [0.05, 0.1) is 10.5 Å². The highest BCUT2D eigenvalue weighted by Gasteiger charge is 2.14. The molecule has 0 aromatic heterocycles. The fourth-order valence-corrected chi connectivity index (χ4v) is 0.984. The van der Waals surface area contributed by atoms with E-state index in [2.05, 4.69) is 0 Å². The number of nitro groups is 1. The van der Waals surface area contributed by atoms with Crippen LogP contribution in [0.4, 0.5) is 5.69 Å². The molecule has 0 aliphatic carbocycles. The molecule has 0 atom stereocenters. The Hall–Kier alpha value is -1.60. The van der Waals surface area contributed by atoms with Crippen molar-refractivity contribution in [2.24, 2.45) is 0 Å². The number of hydrogen-bond donors (Lipinski definition) is 0. The van der Waals surface area contributed by atoms with Gasteiger partial charge in [-0.25, -0.2) is 0 Å². The van der Waals surface area contributed by atoms with E-state index in [4.69, 9.17) is 16.9 Å². The molecule has 1 aromatic carbocycles. The van der Waals surface area contributed by atoms with Gasteiger partial charge in [-0.05, 0) is 6.07 Å². The predicted molar refractivity (Wildman–Crippen MR) is 42.8 cm³/mol. The molecule has 0 saturated heterocycles. The van der Waals surface area contributed by atoms with Crippen molar-refractivity contribution in [3.8, 4) is 6.07 Å². The molecule has 60 valence electrons. The molecular weight excluding hydrogens is 180 g/mol. The largest absolute Gasteiger partial charge is 0.289 e. The first-order valence-electron chi connectivity index (χ1n) is 3.00. The standard InChI is InChI=1S/C7H3ClN2O2/c8-7-5(4-9)2-1-3-6(7)10(11)12/h1-3H. The number of nitriles is 1. The van der Waals surface area contributed by atoms with Gasteiger partial charge >= 0.3 is 0 Å². The molecule has 12 heavy (non-hydrogen) atoms. The van der Waals surface area contributed by atoms with Crippen molar-refractivity contribution in [1.82, 2.24) is 0 Å². The topological polar surface area (TPSA) is 66.9 Å². The number of hydrogen-bond acceptors (Lipinski definition) is 3. The second-order valence-corrected chi connectivity index (χ2v) is 2.39. The van der Waals surface area contributed by atoms with Crippen molar-refractivity contribution in [2.45, 2.75) is 0 Å². The molecule has 0 saturated carbocycles. The lowest BCUT2D eigenvalue weighted by Gasteiger charge is -1.94. The van der Waals surface area contributed by atoms with Crippen LogP contribution in [0.3, 0.4) is 0 Å². The van der Waals surface area contributed by atoms with Gasteiger partial charge < -0.3 is 0 Å². The third-order valence-electron chi connectivity index (χ3n) is 1.30. The molecule has 1 rings (SSSR count). The van der Waals surface area contributed by atoms with E-state index in [0.29, 0.717) is 0 Å². The van der Waals surface area contributed by atoms with Crippen LogP contribution in [0.2, 0.25) is 5.02 Å². The Kier molecular flexibility index (Phi) is 2.26. The Balaban J connectivity index is 3.35. The molecule has 0 aliphatic rings. The summed E-state index contributed by atoms with van der Waals surface area (Å²) < 4.78 is 0. The molecule has 0 heterocycles. The van der Waals surface area contributed by atoms with Crippen LogP contribution in [0.15, 0.2) is 18.2 Å².